The lowest BCUT2D eigenvalue weighted by Crippen LogP contribution is -2.43. The summed E-state index contributed by atoms with van der Waals surface area (Å²) in [6, 6.07) is 6.11. The minimum atomic E-state index is -0.315. The number of halogens is 1. The van der Waals surface area contributed by atoms with Gasteiger partial charge in [-0.3, -0.25) is 9.89 Å². The van der Waals surface area contributed by atoms with Crippen LogP contribution in [0.1, 0.15) is 27.8 Å². The fourth-order valence-corrected chi connectivity index (χ4v) is 3.21. The first-order valence-corrected chi connectivity index (χ1v) is 7.81. The van der Waals surface area contributed by atoms with Crippen LogP contribution in [0.25, 0.3) is 10.9 Å². The maximum absolute atomic E-state index is 13.5. The highest BCUT2D eigenvalue weighted by Crippen LogP contribution is 2.28. The van der Waals surface area contributed by atoms with Crippen LogP contribution in [-0.4, -0.2) is 45.7 Å². The van der Waals surface area contributed by atoms with Crippen LogP contribution in [0.4, 0.5) is 4.39 Å². The highest BCUT2D eigenvalue weighted by Gasteiger charge is 2.32. The SMILES string of the molecule is Cc1c(C(=O)N2CCOC[C@@H]2c2ccn[nH]2)[nH]c2ccc(F)cc12. The quantitative estimate of drug-likeness (QED) is 0.759. The number of hydrogen-bond donors (Lipinski definition) is 2. The summed E-state index contributed by atoms with van der Waals surface area (Å²) in [4.78, 5) is 18.0. The smallest absolute Gasteiger partial charge is 0.271 e. The van der Waals surface area contributed by atoms with Gasteiger partial charge in [-0.15, -0.1) is 0 Å². The van der Waals surface area contributed by atoms with Crippen LogP contribution in [0.5, 0.6) is 0 Å². The topological polar surface area (TPSA) is 74.0 Å². The first-order valence-electron chi connectivity index (χ1n) is 7.81. The molecule has 3 aromatic rings. The Morgan fingerprint density at radius 1 is 1.42 bits per heavy atom. The van der Waals surface area contributed by atoms with E-state index in [9.17, 15) is 9.18 Å². The van der Waals surface area contributed by atoms with Crippen LogP contribution in [0, 0.1) is 12.7 Å². The molecule has 6 nitrogen and oxygen atoms in total. The van der Waals surface area contributed by atoms with Gasteiger partial charge in [-0.2, -0.15) is 5.10 Å². The van der Waals surface area contributed by atoms with Gasteiger partial charge < -0.3 is 14.6 Å². The number of aromatic nitrogens is 3. The number of nitrogens with zero attached hydrogens (tertiary/aromatic N) is 2. The molecule has 124 valence electrons. The van der Waals surface area contributed by atoms with Gasteiger partial charge in [0.25, 0.3) is 5.91 Å². The van der Waals surface area contributed by atoms with Crippen molar-refractivity contribution in [1.29, 1.82) is 0 Å². The summed E-state index contributed by atoms with van der Waals surface area (Å²) < 4.78 is 19.0. The molecule has 2 aromatic heterocycles. The number of amides is 1. The number of H-pyrrole nitrogens is 2. The predicted molar refractivity (Wildman–Crippen MR) is 86.2 cm³/mol. The number of aromatic amines is 2. The summed E-state index contributed by atoms with van der Waals surface area (Å²) in [5.74, 6) is -0.433. The molecule has 1 atom stereocenters. The Balaban J connectivity index is 1.73. The fourth-order valence-electron chi connectivity index (χ4n) is 3.21. The Bertz CT molecular complexity index is 888. The summed E-state index contributed by atoms with van der Waals surface area (Å²) >= 11 is 0. The lowest BCUT2D eigenvalue weighted by molar-refractivity contribution is -0.00420. The molecule has 1 saturated heterocycles. The molecule has 2 N–H and O–H groups in total. The predicted octanol–water partition coefficient (Wildman–Crippen LogP) is 2.55. The Labute approximate surface area is 137 Å². The Morgan fingerprint density at radius 2 is 2.29 bits per heavy atom. The van der Waals surface area contributed by atoms with Crippen molar-refractivity contribution in [3.05, 3.63) is 53.2 Å². The van der Waals surface area contributed by atoms with Crippen LogP contribution in [0.15, 0.2) is 30.5 Å². The number of ether oxygens (including phenoxy) is 1. The Morgan fingerprint density at radius 3 is 3.08 bits per heavy atom. The molecule has 0 bridgehead atoms. The van der Waals surface area contributed by atoms with Gasteiger partial charge in [0.2, 0.25) is 0 Å². The molecule has 1 aromatic carbocycles. The van der Waals surface area contributed by atoms with Crippen molar-refractivity contribution in [1.82, 2.24) is 20.1 Å². The highest BCUT2D eigenvalue weighted by molar-refractivity contribution is 6.01. The molecule has 4 rings (SSSR count). The third-order valence-corrected chi connectivity index (χ3v) is 4.50. The van der Waals surface area contributed by atoms with Crippen molar-refractivity contribution in [3.63, 3.8) is 0 Å². The molecule has 0 aliphatic carbocycles. The molecule has 7 heteroatoms. The van der Waals surface area contributed by atoms with Crippen LogP contribution in [0.3, 0.4) is 0 Å². The van der Waals surface area contributed by atoms with E-state index in [-0.39, 0.29) is 17.8 Å². The lowest BCUT2D eigenvalue weighted by atomic mass is 10.1. The van der Waals surface area contributed by atoms with Gasteiger partial charge in [0.15, 0.2) is 0 Å². The van der Waals surface area contributed by atoms with E-state index >= 15 is 0 Å². The van der Waals surface area contributed by atoms with E-state index < -0.39 is 0 Å². The molecule has 1 aliphatic rings. The maximum Gasteiger partial charge on any atom is 0.271 e. The second-order valence-corrected chi connectivity index (χ2v) is 5.92. The van der Waals surface area contributed by atoms with Crippen molar-refractivity contribution in [3.8, 4) is 0 Å². The van der Waals surface area contributed by atoms with Gasteiger partial charge in [-0.1, -0.05) is 0 Å². The van der Waals surface area contributed by atoms with E-state index in [2.05, 4.69) is 15.2 Å². The third kappa shape index (κ3) is 2.37. The van der Waals surface area contributed by atoms with Crippen LogP contribution in [-0.2, 0) is 4.74 Å². The zero-order valence-electron chi connectivity index (χ0n) is 13.2. The number of carbonyl (C=O) groups excluding carboxylic acids is 1. The van der Waals surface area contributed by atoms with Crippen molar-refractivity contribution >= 4 is 16.8 Å². The first kappa shape index (κ1) is 14.9. The zero-order chi connectivity index (χ0) is 16.7. The normalized spacial score (nSPS) is 18.2. The molecule has 1 fully saturated rings. The summed E-state index contributed by atoms with van der Waals surface area (Å²) in [6.45, 7) is 3.23. The number of benzene rings is 1. The number of nitrogens with one attached hydrogen (secondary N) is 2. The number of carbonyl (C=O) groups is 1. The number of rotatable bonds is 2. The molecule has 0 radical (unpaired) electrons. The van der Waals surface area contributed by atoms with Gasteiger partial charge in [-0.05, 0) is 36.8 Å². The Hall–Kier alpha value is -2.67. The minimum Gasteiger partial charge on any atom is -0.377 e. The van der Waals surface area contributed by atoms with Gasteiger partial charge in [0, 0.05) is 23.6 Å². The largest absolute Gasteiger partial charge is 0.377 e. The molecule has 0 saturated carbocycles. The molecular formula is C17H17FN4O2. The van der Waals surface area contributed by atoms with E-state index in [1.807, 2.05) is 13.0 Å². The molecule has 24 heavy (non-hydrogen) atoms. The van der Waals surface area contributed by atoms with Crippen LogP contribution in [0.2, 0.25) is 0 Å². The minimum absolute atomic E-state index is 0.119. The number of fused-ring (bicyclic) bond motifs is 1. The van der Waals surface area contributed by atoms with Crippen LogP contribution < -0.4 is 0 Å². The second kappa shape index (κ2) is 5.76. The fraction of sp³-hybridized carbons (Fsp3) is 0.294. The summed E-state index contributed by atoms with van der Waals surface area (Å²) in [5.41, 5.74) is 2.83. The molecule has 0 unspecified atom stereocenters. The first-order chi connectivity index (χ1) is 11.6. The Kier molecular flexibility index (Phi) is 3.57. The van der Waals surface area contributed by atoms with E-state index in [0.29, 0.717) is 25.5 Å². The molecule has 1 aliphatic heterocycles. The van der Waals surface area contributed by atoms with E-state index in [0.717, 1.165) is 22.2 Å². The standard InChI is InChI=1S/C17H17FN4O2/c1-10-12-8-11(18)2-3-13(12)20-16(10)17(23)22-6-7-24-9-15(22)14-4-5-19-21-14/h2-5,8,15,20H,6-7,9H2,1H3,(H,19,21)/t15-/m1/s1. The monoisotopic (exact) mass is 328 g/mol. The maximum atomic E-state index is 13.5. The molecule has 3 heterocycles. The molecule has 0 spiro atoms. The summed E-state index contributed by atoms with van der Waals surface area (Å²) in [5, 5.41) is 7.59. The van der Waals surface area contributed by atoms with Gasteiger partial charge >= 0.3 is 0 Å². The lowest BCUT2D eigenvalue weighted by Gasteiger charge is -2.34. The van der Waals surface area contributed by atoms with Crippen molar-refractivity contribution in [2.24, 2.45) is 0 Å². The molecule has 1 amide bonds. The number of aryl methyl sites for hydroxylation is 1. The number of hydrogen-bond acceptors (Lipinski definition) is 3. The summed E-state index contributed by atoms with van der Waals surface area (Å²) in [7, 11) is 0. The third-order valence-electron chi connectivity index (χ3n) is 4.50. The van der Waals surface area contributed by atoms with E-state index in [4.69, 9.17) is 4.74 Å². The van der Waals surface area contributed by atoms with Crippen LogP contribution >= 0.6 is 0 Å². The van der Waals surface area contributed by atoms with Crippen molar-refractivity contribution in [2.45, 2.75) is 13.0 Å². The van der Waals surface area contributed by atoms with Gasteiger partial charge in [-0.25, -0.2) is 4.39 Å². The average molecular weight is 328 g/mol. The van der Waals surface area contributed by atoms with E-state index in [1.54, 1.807) is 17.2 Å². The van der Waals surface area contributed by atoms with Gasteiger partial charge in [0.05, 0.1) is 24.9 Å². The molecular weight excluding hydrogens is 311 g/mol. The van der Waals surface area contributed by atoms with E-state index in [1.165, 1.54) is 12.1 Å². The number of morpholine rings is 1. The second-order valence-electron chi connectivity index (χ2n) is 5.92. The average Bonchev–Trinajstić information content (AvgIpc) is 3.23. The zero-order valence-corrected chi connectivity index (χ0v) is 13.2. The van der Waals surface area contributed by atoms with Crippen molar-refractivity contribution in [2.75, 3.05) is 19.8 Å². The van der Waals surface area contributed by atoms with Gasteiger partial charge in [0.1, 0.15) is 11.5 Å². The summed E-state index contributed by atoms with van der Waals surface area (Å²) in [6.07, 6.45) is 1.66. The van der Waals surface area contributed by atoms with Crippen molar-refractivity contribution < 1.29 is 13.9 Å². The highest BCUT2D eigenvalue weighted by atomic mass is 19.1.